The third kappa shape index (κ3) is 3.91. The highest BCUT2D eigenvalue weighted by molar-refractivity contribution is 5.89. The van der Waals surface area contributed by atoms with Gasteiger partial charge in [-0.05, 0) is 50.2 Å². The van der Waals surface area contributed by atoms with Gasteiger partial charge in [0.15, 0.2) is 11.8 Å². The van der Waals surface area contributed by atoms with E-state index >= 15 is 0 Å². The summed E-state index contributed by atoms with van der Waals surface area (Å²) in [4.78, 5) is 16.8. The van der Waals surface area contributed by atoms with Crippen molar-refractivity contribution >= 4 is 5.97 Å². The van der Waals surface area contributed by atoms with Crippen molar-refractivity contribution in [1.29, 1.82) is 0 Å². The van der Waals surface area contributed by atoms with Crippen molar-refractivity contribution in [1.82, 2.24) is 15.2 Å². The van der Waals surface area contributed by atoms with E-state index in [-0.39, 0.29) is 23.3 Å². The summed E-state index contributed by atoms with van der Waals surface area (Å²) in [6.45, 7) is 3.24. The van der Waals surface area contributed by atoms with Crippen LogP contribution >= 0.6 is 0 Å². The molecule has 0 aliphatic heterocycles. The number of carbonyl (C=O) groups is 1. The predicted octanol–water partition coefficient (Wildman–Crippen LogP) is 4.76. The van der Waals surface area contributed by atoms with Crippen LogP contribution in [0.1, 0.15) is 35.2 Å². The van der Waals surface area contributed by atoms with Crippen molar-refractivity contribution < 1.29 is 22.8 Å². The van der Waals surface area contributed by atoms with Gasteiger partial charge in [-0.3, -0.25) is 0 Å². The van der Waals surface area contributed by atoms with E-state index in [1.165, 1.54) is 24.3 Å². The molecule has 7 nitrogen and oxygen atoms in total. The van der Waals surface area contributed by atoms with E-state index in [0.717, 1.165) is 5.56 Å². The molecule has 146 valence electrons. The Labute approximate surface area is 165 Å². The van der Waals surface area contributed by atoms with Crippen molar-refractivity contribution in [3.05, 3.63) is 77.8 Å². The first-order valence-electron chi connectivity index (χ1n) is 8.84. The highest BCUT2D eigenvalue weighted by Crippen LogP contribution is 2.25. The molecule has 0 unspecified atom stereocenters. The molecule has 0 spiro atoms. The average Bonchev–Trinajstić information content (AvgIpc) is 3.36. The highest BCUT2D eigenvalue weighted by atomic mass is 19.1. The summed E-state index contributed by atoms with van der Waals surface area (Å²) < 4.78 is 29.6. The van der Waals surface area contributed by atoms with Gasteiger partial charge in [0.1, 0.15) is 11.6 Å². The monoisotopic (exact) mass is 393 g/mol. The summed E-state index contributed by atoms with van der Waals surface area (Å²) in [7, 11) is 0. The Hall–Kier alpha value is -3.81. The first-order valence-corrected chi connectivity index (χ1v) is 8.84. The maximum absolute atomic E-state index is 13.0. The molecule has 4 rings (SSSR count). The van der Waals surface area contributed by atoms with E-state index in [1.807, 2.05) is 30.3 Å². The van der Waals surface area contributed by atoms with Crippen LogP contribution in [0.2, 0.25) is 0 Å². The lowest BCUT2D eigenvalue weighted by atomic mass is 10.2. The van der Waals surface area contributed by atoms with Crippen LogP contribution in [0.4, 0.5) is 4.39 Å². The van der Waals surface area contributed by atoms with Crippen LogP contribution in [0.3, 0.4) is 0 Å². The number of nitrogens with zero attached hydrogens (tertiary/aromatic N) is 3. The quantitative estimate of drug-likeness (QED) is 0.452. The van der Waals surface area contributed by atoms with Gasteiger partial charge in [-0.25, -0.2) is 14.2 Å². The first-order chi connectivity index (χ1) is 14.0. The highest BCUT2D eigenvalue weighted by Gasteiger charge is 2.24. The molecule has 0 amide bonds. The van der Waals surface area contributed by atoms with E-state index in [2.05, 4.69) is 15.2 Å². The van der Waals surface area contributed by atoms with Gasteiger partial charge in [0.05, 0.1) is 0 Å². The van der Waals surface area contributed by atoms with Crippen LogP contribution < -0.4 is 0 Å². The average molecular weight is 393 g/mol. The van der Waals surface area contributed by atoms with Gasteiger partial charge in [-0.1, -0.05) is 18.2 Å². The second kappa shape index (κ2) is 7.67. The molecule has 0 aliphatic rings. The Morgan fingerprint density at radius 2 is 1.66 bits per heavy atom. The van der Waals surface area contributed by atoms with Crippen molar-refractivity contribution in [2.24, 2.45) is 0 Å². The topological polar surface area (TPSA) is 91.2 Å². The zero-order valence-electron chi connectivity index (χ0n) is 15.6. The van der Waals surface area contributed by atoms with Crippen LogP contribution in [-0.4, -0.2) is 21.2 Å². The molecule has 8 heteroatoms. The fraction of sp³-hybridized carbons (Fsp3) is 0.143. The van der Waals surface area contributed by atoms with Crippen LogP contribution in [0, 0.1) is 12.7 Å². The minimum absolute atomic E-state index is 0.0778. The molecule has 1 atom stereocenters. The number of rotatable bonds is 5. The van der Waals surface area contributed by atoms with Gasteiger partial charge in [0.2, 0.25) is 11.8 Å². The summed E-state index contributed by atoms with van der Waals surface area (Å²) in [6.07, 6.45) is -0.805. The summed E-state index contributed by atoms with van der Waals surface area (Å²) in [5, 5.41) is 7.82. The molecule has 4 aromatic rings. The van der Waals surface area contributed by atoms with E-state index in [1.54, 1.807) is 13.8 Å². The number of halogens is 1. The van der Waals surface area contributed by atoms with E-state index < -0.39 is 12.1 Å². The maximum atomic E-state index is 13.0. The first kappa shape index (κ1) is 18.5. The van der Waals surface area contributed by atoms with Gasteiger partial charge in [-0.2, -0.15) is 0 Å². The fourth-order valence-corrected chi connectivity index (χ4v) is 2.66. The van der Waals surface area contributed by atoms with Crippen LogP contribution in [0.15, 0.2) is 63.4 Å². The number of carbonyl (C=O) groups excluding carboxylic acids is 1. The summed E-state index contributed by atoms with van der Waals surface area (Å²) in [6, 6.07) is 14.9. The lowest BCUT2D eigenvalue weighted by Crippen LogP contribution is -2.11. The van der Waals surface area contributed by atoms with E-state index in [4.69, 9.17) is 13.6 Å². The van der Waals surface area contributed by atoms with Crippen LogP contribution in [-0.2, 0) is 4.74 Å². The molecule has 0 radical (unpaired) electrons. The van der Waals surface area contributed by atoms with Gasteiger partial charge >= 0.3 is 5.97 Å². The molecule has 2 aromatic carbocycles. The van der Waals surface area contributed by atoms with Crippen molar-refractivity contribution in [2.75, 3.05) is 0 Å². The van der Waals surface area contributed by atoms with Gasteiger partial charge in [0, 0.05) is 11.1 Å². The molecular weight excluding hydrogens is 377 g/mol. The summed E-state index contributed by atoms with van der Waals surface area (Å²) >= 11 is 0. The lowest BCUT2D eigenvalue weighted by Gasteiger charge is -2.07. The number of aryl methyl sites for hydroxylation is 1. The summed E-state index contributed by atoms with van der Waals surface area (Å²) in [5.41, 5.74) is 1.39. The number of esters is 1. The van der Waals surface area contributed by atoms with Crippen molar-refractivity contribution in [3.8, 4) is 22.9 Å². The smallest absolute Gasteiger partial charge is 0.361 e. The van der Waals surface area contributed by atoms with E-state index in [9.17, 15) is 9.18 Å². The maximum Gasteiger partial charge on any atom is 0.361 e. The molecule has 0 aliphatic carbocycles. The predicted molar refractivity (Wildman–Crippen MR) is 100 cm³/mol. The Morgan fingerprint density at radius 3 is 2.38 bits per heavy atom. The fourth-order valence-electron chi connectivity index (χ4n) is 2.66. The zero-order valence-corrected chi connectivity index (χ0v) is 15.6. The van der Waals surface area contributed by atoms with Crippen LogP contribution in [0.5, 0.6) is 0 Å². The lowest BCUT2D eigenvalue weighted by molar-refractivity contribution is 0.0272. The molecule has 29 heavy (non-hydrogen) atoms. The molecule has 0 saturated carbocycles. The van der Waals surface area contributed by atoms with Gasteiger partial charge in [-0.15, -0.1) is 10.2 Å². The minimum atomic E-state index is -0.805. The van der Waals surface area contributed by atoms with Crippen molar-refractivity contribution in [3.63, 3.8) is 0 Å². The largest absolute Gasteiger partial charge is 0.448 e. The van der Waals surface area contributed by atoms with Crippen molar-refractivity contribution in [2.45, 2.75) is 20.0 Å². The van der Waals surface area contributed by atoms with E-state index in [0.29, 0.717) is 17.2 Å². The Balaban J connectivity index is 1.49. The van der Waals surface area contributed by atoms with Gasteiger partial charge in [0.25, 0.3) is 5.89 Å². The molecule has 0 saturated heterocycles. The Morgan fingerprint density at radius 1 is 0.966 bits per heavy atom. The standard InChI is InChI=1S/C21H16FN3O4/c1-12-17(23-19(27-12)14-6-4-3-5-7-14)21(26)28-13(2)18-24-25-20(29-18)15-8-10-16(22)11-9-15/h3-11,13H,1-2H3/t13-/m1/s1. The number of hydrogen-bond acceptors (Lipinski definition) is 7. The molecule has 0 N–H and O–H groups in total. The Bertz CT molecular complexity index is 1140. The second-order valence-corrected chi connectivity index (χ2v) is 6.29. The Kier molecular flexibility index (Phi) is 4.90. The number of ether oxygens (including phenoxy) is 1. The normalized spacial score (nSPS) is 12.0. The minimum Gasteiger partial charge on any atom is -0.448 e. The number of hydrogen-bond donors (Lipinski definition) is 0. The third-order valence-electron chi connectivity index (χ3n) is 4.17. The number of benzene rings is 2. The number of aromatic nitrogens is 3. The SMILES string of the molecule is Cc1oc(-c2ccccc2)nc1C(=O)O[C@H](C)c1nnc(-c2ccc(F)cc2)o1. The molecule has 0 fully saturated rings. The zero-order chi connectivity index (χ0) is 20.4. The molecule has 2 aromatic heterocycles. The second-order valence-electron chi connectivity index (χ2n) is 6.29. The van der Waals surface area contributed by atoms with Crippen LogP contribution in [0.25, 0.3) is 22.9 Å². The van der Waals surface area contributed by atoms with Gasteiger partial charge < -0.3 is 13.6 Å². The summed E-state index contributed by atoms with van der Waals surface area (Å²) in [5.74, 6) is -0.0391. The third-order valence-corrected chi connectivity index (χ3v) is 4.17. The molecular formula is C21H16FN3O4. The molecule has 0 bridgehead atoms. The number of oxazole rings is 1. The molecule has 2 heterocycles.